The van der Waals surface area contributed by atoms with Crippen LogP contribution in [0.4, 0.5) is 0 Å². The van der Waals surface area contributed by atoms with Crippen LogP contribution in [0, 0.1) is 5.92 Å². The molecule has 13 heavy (non-hydrogen) atoms. The molecule has 1 rings (SSSR count). The van der Waals surface area contributed by atoms with Crippen molar-refractivity contribution < 1.29 is 9.84 Å². The highest BCUT2D eigenvalue weighted by Crippen LogP contribution is 2.22. The molecule has 1 fully saturated rings. The fourth-order valence-electron chi connectivity index (χ4n) is 1.87. The van der Waals surface area contributed by atoms with Gasteiger partial charge in [-0.15, -0.1) is 0 Å². The minimum atomic E-state index is 0.283. The smallest absolute Gasteiger partial charge is 0.0613 e. The largest absolute Gasteiger partial charge is 0.396 e. The summed E-state index contributed by atoms with van der Waals surface area (Å²) in [5, 5.41) is 11.9. The molecule has 0 radical (unpaired) electrons. The zero-order valence-corrected chi connectivity index (χ0v) is 8.46. The lowest BCUT2D eigenvalue weighted by Crippen LogP contribution is -2.29. The van der Waals surface area contributed by atoms with Crippen LogP contribution in [-0.4, -0.2) is 37.5 Å². The molecule has 2 atom stereocenters. The first-order chi connectivity index (χ1) is 6.38. The average molecular weight is 187 g/mol. The van der Waals surface area contributed by atoms with E-state index >= 15 is 0 Å². The molecular weight excluding hydrogens is 166 g/mol. The maximum atomic E-state index is 8.59. The van der Waals surface area contributed by atoms with Crippen LogP contribution >= 0.6 is 0 Å². The van der Waals surface area contributed by atoms with Crippen LogP contribution in [-0.2, 0) is 4.74 Å². The first-order valence-electron chi connectivity index (χ1n) is 5.31. The first kappa shape index (κ1) is 11.0. The van der Waals surface area contributed by atoms with Crippen molar-refractivity contribution in [2.45, 2.75) is 32.3 Å². The van der Waals surface area contributed by atoms with Gasteiger partial charge in [0.25, 0.3) is 0 Å². The zero-order valence-electron chi connectivity index (χ0n) is 8.46. The maximum Gasteiger partial charge on any atom is 0.0613 e. The highest BCUT2D eigenvalue weighted by molar-refractivity contribution is 4.76. The third-order valence-electron chi connectivity index (χ3n) is 2.67. The van der Waals surface area contributed by atoms with Gasteiger partial charge >= 0.3 is 0 Å². The van der Waals surface area contributed by atoms with Crippen molar-refractivity contribution in [2.24, 2.45) is 5.92 Å². The van der Waals surface area contributed by atoms with Gasteiger partial charge in [-0.2, -0.15) is 0 Å². The van der Waals surface area contributed by atoms with E-state index in [1.165, 1.54) is 6.42 Å². The second-order valence-corrected chi connectivity index (χ2v) is 3.65. The van der Waals surface area contributed by atoms with E-state index in [9.17, 15) is 0 Å². The molecule has 1 aliphatic rings. The van der Waals surface area contributed by atoms with Crippen LogP contribution in [0.15, 0.2) is 0 Å². The summed E-state index contributed by atoms with van der Waals surface area (Å²) in [5.41, 5.74) is 0. The molecule has 2 N–H and O–H groups in total. The number of aliphatic hydroxyl groups is 1. The SMILES string of the molecule is CCC1OCCC1CNCCCO. The van der Waals surface area contributed by atoms with Crippen molar-refractivity contribution in [3.8, 4) is 0 Å². The molecule has 3 nitrogen and oxygen atoms in total. The molecule has 1 aliphatic heterocycles. The van der Waals surface area contributed by atoms with Crippen molar-refractivity contribution in [1.82, 2.24) is 5.32 Å². The van der Waals surface area contributed by atoms with Crippen LogP contribution in [0.1, 0.15) is 26.2 Å². The molecule has 0 saturated carbocycles. The van der Waals surface area contributed by atoms with Gasteiger partial charge in [-0.25, -0.2) is 0 Å². The molecule has 0 spiro atoms. The molecule has 3 heteroatoms. The third-order valence-corrected chi connectivity index (χ3v) is 2.67. The predicted molar refractivity (Wildman–Crippen MR) is 52.7 cm³/mol. The van der Waals surface area contributed by atoms with Crippen LogP contribution in [0.25, 0.3) is 0 Å². The average Bonchev–Trinajstić information content (AvgIpc) is 2.60. The van der Waals surface area contributed by atoms with Crippen LogP contribution < -0.4 is 5.32 Å². The Morgan fingerprint density at radius 2 is 2.38 bits per heavy atom. The van der Waals surface area contributed by atoms with Crippen molar-refractivity contribution in [1.29, 1.82) is 0 Å². The maximum absolute atomic E-state index is 8.59. The lowest BCUT2D eigenvalue weighted by Gasteiger charge is -2.16. The van der Waals surface area contributed by atoms with Gasteiger partial charge in [-0.1, -0.05) is 6.92 Å². The monoisotopic (exact) mass is 187 g/mol. The van der Waals surface area contributed by atoms with E-state index in [4.69, 9.17) is 9.84 Å². The Kier molecular flexibility index (Phi) is 5.35. The van der Waals surface area contributed by atoms with Crippen molar-refractivity contribution >= 4 is 0 Å². The van der Waals surface area contributed by atoms with E-state index in [0.29, 0.717) is 12.0 Å². The predicted octanol–water partition coefficient (Wildman–Crippen LogP) is 0.774. The molecule has 0 aromatic heterocycles. The molecule has 0 aromatic rings. The van der Waals surface area contributed by atoms with E-state index in [1.807, 2.05) is 0 Å². The number of ether oxygens (including phenoxy) is 1. The Hall–Kier alpha value is -0.120. The summed E-state index contributed by atoms with van der Waals surface area (Å²) in [6.07, 6.45) is 3.61. The molecule has 0 aromatic carbocycles. The second kappa shape index (κ2) is 6.35. The number of rotatable bonds is 6. The van der Waals surface area contributed by atoms with E-state index in [1.54, 1.807) is 0 Å². The van der Waals surface area contributed by atoms with Gasteiger partial charge in [0.2, 0.25) is 0 Å². The molecular formula is C10H21NO2. The Labute approximate surface area is 80.5 Å². The highest BCUT2D eigenvalue weighted by Gasteiger charge is 2.25. The molecule has 0 amide bonds. The summed E-state index contributed by atoms with van der Waals surface area (Å²) in [6.45, 7) is 5.34. The van der Waals surface area contributed by atoms with E-state index in [-0.39, 0.29) is 6.61 Å². The molecule has 0 bridgehead atoms. The number of hydrogen-bond acceptors (Lipinski definition) is 3. The van der Waals surface area contributed by atoms with Gasteiger partial charge in [-0.05, 0) is 31.7 Å². The quantitative estimate of drug-likeness (QED) is 0.604. The minimum Gasteiger partial charge on any atom is -0.396 e. The summed E-state index contributed by atoms with van der Waals surface area (Å²) in [4.78, 5) is 0. The highest BCUT2D eigenvalue weighted by atomic mass is 16.5. The Bertz CT molecular complexity index is 130. The van der Waals surface area contributed by atoms with Gasteiger partial charge in [0.15, 0.2) is 0 Å². The fraction of sp³-hybridized carbons (Fsp3) is 1.00. The lowest BCUT2D eigenvalue weighted by atomic mass is 10.00. The van der Waals surface area contributed by atoms with Gasteiger partial charge in [0.05, 0.1) is 6.10 Å². The van der Waals surface area contributed by atoms with E-state index < -0.39 is 0 Å². The number of aliphatic hydroxyl groups excluding tert-OH is 1. The first-order valence-corrected chi connectivity index (χ1v) is 5.31. The third kappa shape index (κ3) is 3.63. The number of hydrogen-bond donors (Lipinski definition) is 2. The lowest BCUT2D eigenvalue weighted by molar-refractivity contribution is 0.0872. The van der Waals surface area contributed by atoms with Crippen LogP contribution in [0.5, 0.6) is 0 Å². The molecule has 0 aliphatic carbocycles. The topological polar surface area (TPSA) is 41.5 Å². The van der Waals surface area contributed by atoms with Crippen LogP contribution in [0.3, 0.4) is 0 Å². The Balaban J connectivity index is 2.06. The van der Waals surface area contributed by atoms with E-state index in [0.717, 1.165) is 32.5 Å². The number of nitrogens with one attached hydrogen (secondary N) is 1. The van der Waals surface area contributed by atoms with Gasteiger partial charge in [0.1, 0.15) is 0 Å². The summed E-state index contributed by atoms with van der Waals surface area (Å²) >= 11 is 0. The zero-order chi connectivity index (χ0) is 9.52. The molecule has 78 valence electrons. The van der Waals surface area contributed by atoms with Crippen molar-refractivity contribution in [2.75, 3.05) is 26.3 Å². The Morgan fingerprint density at radius 3 is 3.08 bits per heavy atom. The van der Waals surface area contributed by atoms with Crippen molar-refractivity contribution in [3.05, 3.63) is 0 Å². The van der Waals surface area contributed by atoms with Gasteiger partial charge in [0, 0.05) is 19.8 Å². The molecule has 1 heterocycles. The van der Waals surface area contributed by atoms with Crippen molar-refractivity contribution in [3.63, 3.8) is 0 Å². The molecule has 2 unspecified atom stereocenters. The minimum absolute atomic E-state index is 0.283. The van der Waals surface area contributed by atoms with E-state index in [2.05, 4.69) is 12.2 Å². The van der Waals surface area contributed by atoms with Crippen LogP contribution in [0.2, 0.25) is 0 Å². The second-order valence-electron chi connectivity index (χ2n) is 3.65. The summed E-state index contributed by atoms with van der Waals surface area (Å²) < 4.78 is 5.58. The molecule has 1 saturated heterocycles. The fourth-order valence-corrected chi connectivity index (χ4v) is 1.87. The summed E-state index contributed by atoms with van der Waals surface area (Å²) in [5.74, 6) is 0.684. The summed E-state index contributed by atoms with van der Waals surface area (Å²) in [6, 6.07) is 0. The van der Waals surface area contributed by atoms with Gasteiger partial charge in [-0.3, -0.25) is 0 Å². The van der Waals surface area contributed by atoms with Gasteiger partial charge < -0.3 is 15.2 Å². The normalized spacial score (nSPS) is 28.2. The summed E-state index contributed by atoms with van der Waals surface area (Å²) in [7, 11) is 0. The standard InChI is InChI=1S/C10H21NO2/c1-2-10-9(4-7-13-10)8-11-5-3-6-12/h9-12H,2-8H2,1H3. The Morgan fingerprint density at radius 1 is 1.54 bits per heavy atom.